The third-order valence-electron chi connectivity index (χ3n) is 2.78. The second kappa shape index (κ2) is 8.21. The minimum Gasteiger partial charge on any atom is -0.396 e. The van der Waals surface area contributed by atoms with E-state index in [1.807, 2.05) is 0 Å². The van der Waals surface area contributed by atoms with E-state index in [9.17, 15) is 19.3 Å². The third-order valence-corrected chi connectivity index (χ3v) is 2.78. The van der Waals surface area contributed by atoms with E-state index in [0.717, 1.165) is 37.8 Å². The Kier molecular flexibility index (Phi) is 6.58. The van der Waals surface area contributed by atoms with Gasteiger partial charge in [0.25, 0.3) is 5.91 Å². The molecule has 0 radical (unpaired) electrons. The van der Waals surface area contributed by atoms with Crippen LogP contribution < -0.4 is 5.32 Å². The maximum atomic E-state index is 13.3. The number of amides is 1. The van der Waals surface area contributed by atoms with Crippen molar-refractivity contribution >= 4 is 11.6 Å². The van der Waals surface area contributed by atoms with Gasteiger partial charge in [-0.15, -0.1) is 0 Å². The van der Waals surface area contributed by atoms with Gasteiger partial charge in [0.05, 0.1) is 4.92 Å². The van der Waals surface area contributed by atoms with Gasteiger partial charge in [-0.3, -0.25) is 14.9 Å². The molecular formula is C13H17FN2O4. The van der Waals surface area contributed by atoms with Gasteiger partial charge in [0, 0.05) is 24.8 Å². The number of aliphatic hydroxyl groups excluding tert-OH is 1. The van der Waals surface area contributed by atoms with Crippen LogP contribution in [-0.4, -0.2) is 29.1 Å². The Labute approximate surface area is 115 Å². The first-order valence-corrected chi connectivity index (χ1v) is 6.39. The molecule has 7 heteroatoms. The second-order valence-corrected chi connectivity index (χ2v) is 4.32. The molecule has 0 aliphatic heterocycles. The predicted octanol–water partition coefficient (Wildman–Crippen LogP) is 2.02. The summed E-state index contributed by atoms with van der Waals surface area (Å²) >= 11 is 0. The van der Waals surface area contributed by atoms with Crippen LogP contribution in [0.25, 0.3) is 0 Å². The molecule has 0 atom stereocenters. The van der Waals surface area contributed by atoms with Crippen molar-refractivity contribution in [3.8, 4) is 0 Å². The molecule has 1 rings (SSSR count). The lowest BCUT2D eigenvalue weighted by Crippen LogP contribution is -2.24. The maximum absolute atomic E-state index is 13.3. The molecule has 0 saturated carbocycles. The van der Waals surface area contributed by atoms with Crippen LogP contribution in [0.5, 0.6) is 0 Å². The molecule has 0 aliphatic carbocycles. The molecule has 0 aromatic heterocycles. The van der Waals surface area contributed by atoms with E-state index in [-0.39, 0.29) is 12.2 Å². The summed E-state index contributed by atoms with van der Waals surface area (Å²) in [5, 5.41) is 21.7. The number of rotatable bonds is 8. The molecule has 6 nitrogen and oxygen atoms in total. The van der Waals surface area contributed by atoms with Crippen LogP contribution in [-0.2, 0) is 0 Å². The molecule has 0 fully saturated rings. The van der Waals surface area contributed by atoms with Crippen LogP contribution in [0, 0.1) is 15.9 Å². The molecular weight excluding hydrogens is 267 g/mol. The third kappa shape index (κ3) is 4.93. The average molecular weight is 284 g/mol. The van der Waals surface area contributed by atoms with Crippen molar-refractivity contribution in [3.05, 3.63) is 39.7 Å². The molecule has 2 N–H and O–H groups in total. The molecule has 1 aromatic rings. The van der Waals surface area contributed by atoms with Gasteiger partial charge in [0.1, 0.15) is 0 Å². The standard InChI is InChI=1S/C13H17FN2O4/c14-11-9-10(5-6-12(11)16(19)20)13(18)15-7-3-1-2-4-8-17/h5-6,9,17H,1-4,7-8H2,(H,15,18). The minimum absolute atomic E-state index is 0.0588. The van der Waals surface area contributed by atoms with Crippen molar-refractivity contribution in [2.24, 2.45) is 0 Å². The highest BCUT2D eigenvalue weighted by molar-refractivity contribution is 5.94. The maximum Gasteiger partial charge on any atom is 0.304 e. The minimum atomic E-state index is -1.02. The molecule has 0 bridgehead atoms. The first-order valence-electron chi connectivity index (χ1n) is 6.39. The van der Waals surface area contributed by atoms with Crippen LogP contribution in [0.1, 0.15) is 36.0 Å². The van der Waals surface area contributed by atoms with Crippen LogP contribution in [0.3, 0.4) is 0 Å². The van der Waals surface area contributed by atoms with Crippen molar-refractivity contribution in [2.45, 2.75) is 25.7 Å². The van der Waals surface area contributed by atoms with E-state index < -0.39 is 22.3 Å². The van der Waals surface area contributed by atoms with E-state index in [2.05, 4.69) is 5.32 Å². The number of hydrogen-bond donors (Lipinski definition) is 2. The van der Waals surface area contributed by atoms with Gasteiger partial charge >= 0.3 is 5.69 Å². The molecule has 110 valence electrons. The van der Waals surface area contributed by atoms with Crippen molar-refractivity contribution in [1.82, 2.24) is 5.32 Å². The van der Waals surface area contributed by atoms with E-state index >= 15 is 0 Å². The first kappa shape index (κ1) is 16.0. The van der Waals surface area contributed by atoms with Crippen molar-refractivity contribution in [3.63, 3.8) is 0 Å². The Bertz CT molecular complexity index is 479. The smallest absolute Gasteiger partial charge is 0.304 e. The largest absolute Gasteiger partial charge is 0.396 e. The first-order chi connectivity index (χ1) is 9.56. The number of nitrogens with one attached hydrogen (secondary N) is 1. The summed E-state index contributed by atoms with van der Waals surface area (Å²) in [5.41, 5.74) is -0.589. The summed E-state index contributed by atoms with van der Waals surface area (Å²) in [6.07, 6.45) is 3.27. The second-order valence-electron chi connectivity index (χ2n) is 4.32. The highest BCUT2D eigenvalue weighted by atomic mass is 19.1. The number of carbonyl (C=O) groups excluding carboxylic acids is 1. The van der Waals surface area contributed by atoms with Gasteiger partial charge < -0.3 is 10.4 Å². The number of nitro benzene ring substituents is 1. The van der Waals surface area contributed by atoms with Crippen LogP contribution in [0.4, 0.5) is 10.1 Å². The fourth-order valence-corrected chi connectivity index (χ4v) is 1.69. The van der Waals surface area contributed by atoms with E-state index in [1.165, 1.54) is 6.07 Å². The Hall–Kier alpha value is -2.02. The monoisotopic (exact) mass is 284 g/mol. The zero-order chi connectivity index (χ0) is 15.0. The van der Waals surface area contributed by atoms with Crippen molar-refractivity contribution < 1.29 is 19.2 Å². The molecule has 0 saturated heterocycles. The summed E-state index contributed by atoms with van der Waals surface area (Å²) in [6, 6.07) is 3.06. The Morgan fingerprint density at radius 2 is 2.00 bits per heavy atom. The van der Waals surface area contributed by atoms with E-state index in [1.54, 1.807) is 0 Å². The van der Waals surface area contributed by atoms with Crippen molar-refractivity contribution in [1.29, 1.82) is 0 Å². The number of aliphatic hydroxyl groups is 1. The van der Waals surface area contributed by atoms with Gasteiger partial charge in [-0.2, -0.15) is 4.39 Å². The fourth-order valence-electron chi connectivity index (χ4n) is 1.69. The Morgan fingerprint density at radius 1 is 1.30 bits per heavy atom. The van der Waals surface area contributed by atoms with E-state index in [0.29, 0.717) is 6.54 Å². The lowest BCUT2D eigenvalue weighted by atomic mass is 10.1. The number of nitro groups is 1. The summed E-state index contributed by atoms with van der Waals surface area (Å²) in [6.45, 7) is 0.608. The zero-order valence-corrected chi connectivity index (χ0v) is 11.0. The molecule has 1 aromatic carbocycles. The molecule has 1 amide bonds. The molecule has 0 heterocycles. The average Bonchev–Trinajstić information content (AvgIpc) is 2.41. The van der Waals surface area contributed by atoms with Gasteiger partial charge in [-0.05, 0) is 25.0 Å². The van der Waals surface area contributed by atoms with Gasteiger partial charge in [0.15, 0.2) is 0 Å². The number of benzene rings is 1. The van der Waals surface area contributed by atoms with Crippen LogP contribution in [0.15, 0.2) is 18.2 Å². The zero-order valence-electron chi connectivity index (χ0n) is 11.0. The van der Waals surface area contributed by atoms with Crippen LogP contribution >= 0.6 is 0 Å². The highest BCUT2D eigenvalue weighted by Gasteiger charge is 2.16. The van der Waals surface area contributed by atoms with Crippen LogP contribution in [0.2, 0.25) is 0 Å². The number of unbranched alkanes of at least 4 members (excludes halogenated alkanes) is 3. The number of hydrogen-bond acceptors (Lipinski definition) is 4. The summed E-state index contributed by atoms with van der Waals surface area (Å²) in [5.74, 6) is -1.48. The van der Waals surface area contributed by atoms with E-state index in [4.69, 9.17) is 5.11 Å². The van der Waals surface area contributed by atoms with Gasteiger partial charge in [0.2, 0.25) is 5.82 Å². The fraction of sp³-hybridized carbons (Fsp3) is 0.462. The van der Waals surface area contributed by atoms with Gasteiger partial charge in [-0.1, -0.05) is 12.8 Å². The predicted molar refractivity (Wildman–Crippen MR) is 70.9 cm³/mol. The lowest BCUT2D eigenvalue weighted by Gasteiger charge is -2.05. The summed E-state index contributed by atoms with van der Waals surface area (Å²) < 4.78 is 13.3. The summed E-state index contributed by atoms with van der Waals surface area (Å²) in [7, 11) is 0. The molecule has 20 heavy (non-hydrogen) atoms. The molecule has 0 unspecified atom stereocenters. The number of halogens is 1. The Balaban J connectivity index is 2.44. The quantitative estimate of drug-likeness (QED) is 0.434. The van der Waals surface area contributed by atoms with Crippen molar-refractivity contribution in [2.75, 3.05) is 13.2 Å². The number of nitrogens with zero attached hydrogens (tertiary/aromatic N) is 1. The molecule has 0 aliphatic rings. The normalized spacial score (nSPS) is 10.3. The summed E-state index contributed by atoms with van der Waals surface area (Å²) in [4.78, 5) is 21.3. The topological polar surface area (TPSA) is 92.5 Å². The highest BCUT2D eigenvalue weighted by Crippen LogP contribution is 2.17. The SMILES string of the molecule is O=C(NCCCCCCO)c1ccc([N+](=O)[O-])c(F)c1. The lowest BCUT2D eigenvalue weighted by molar-refractivity contribution is -0.387. The van der Waals surface area contributed by atoms with Gasteiger partial charge in [-0.25, -0.2) is 0 Å². The molecule has 0 spiro atoms. The number of carbonyl (C=O) groups is 1. The Morgan fingerprint density at radius 3 is 2.60 bits per heavy atom.